The second kappa shape index (κ2) is 9.82. The number of nitrogens with zero attached hydrogens (tertiary/aromatic N) is 3. The molecule has 2 saturated heterocycles. The number of β-lactam (4-membered cyclic amide) rings is 1. The molecule has 4 aromatic rings. The molecule has 0 bridgehead atoms. The fraction of sp³-hybridized carbons (Fsp3) is 0.133. The number of carbonyl (C=O) groups excluding carboxylic acids is 3. The van der Waals surface area contributed by atoms with Crippen LogP contribution in [-0.4, -0.2) is 51.6 Å². The molecule has 38 heavy (non-hydrogen) atoms. The van der Waals surface area contributed by atoms with Crippen molar-refractivity contribution in [3.8, 4) is 5.75 Å². The number of hydrogen-bond donors (Lipinski definition) is 0. The van der Waals surface area contributed by atoms with Crippen LogP contribution in [0.3, 0.4) is 0 Å². The minimum absolute atomic E-state index is 0.119. The maximum Gasteiger partial charge on any atom is 0.422 e. The highest BCUT2D eigenvalue weighted by atomic mass is 16.6. The van der Waals surface area contributed by atoms with Crippen LogP contribution in [0.5, 0.6) is 5.75 Å². The van der Waals surface area contributed by atoms with Gasteiger partial charge in [0.2, 0.25) is 0 Å². The highest BCUT2D eigenvalue weighted by molar-refractivity contribution is 6.04. The molecule has 0 radical (unpaired) electrons. The number of rotatable bonds is 5. The summed E-state index contributed by atoms with van der Waals surface area (Å²) in [5, 5.41) is 1.000. The topological polar surface area (TPSA) is 89.0 Å². The van der Waals surface area contributed by atoms with Crippen molar-refractivity contribution in [1.82, 2.24) is 14.8 Å². The zero-order valence-electron chi connectivity index (χ0n) is 20.2. The first-order chi connectivity index (χ1) is 18.6. The summed E-state index contributed by atoms with van der Waals surface area (Å²) in [4.78, 5) is 46.3. The van der Waals surface area contributed by atoms with E-state index in [4.69, 9.17) is 9.47 Å². The van der Waals surface area contributed by atoms with Crippen molar-refractivity contribution in [1.29, 1.82) is 0 Å². The summed E-state index contributed by atoms with van der Waals surface area (Å²) in [6, 6.07) is 25.5. The summed E-state index contributed by atoms with van der Waals surface area (Å²) in [5.74, 6) is -0.208. The number of likely N-dealkylation sites (tertiary alicyclic amines) is 1. The average molecular weight is 506 g/mol. The Hall–Kier alpha value is -4.98. The summed E-state index contributed by atoms with van der Waals surface area (Å²) in [5.41, 5.74) is 2.51. The summed E-state index contributed by atoms with van der Waals surface area (Å²) in [6.07, 6.45) is 3.88. The number of pyridine rings is 1. The van der Waals surface area contributed by atoms with Gasteiger partial charge in [-0.15, -0.1) is 0 Å². The van der Waals surface area contributed by atoms with Crippen LogP contribution in [0.4, 0.5) is 9.59 Å². The molecular weight excluding hydrogens is 482 g/mol. The molecule has 3 aromatic carbocycles. The van der Waals surface area contributed by atoms with Gasteiger partial charge in [0.05, 0.1) is 17.6 Å². The molecule has 1 aromatic heterocycles. The lowest BCUT2D eigenvalue weighted by Crippen LogP contribution is -2.72. The summed E-state index contributed by atoms with van der Waals surface area (Å²) < 4.78 is 10.8. The zero-order valence-corrected chi connectivity index (χ0v) is 20.2. The standard InChI is InChI=1S/C30H23N3O5/c34-28-27(32-26(19-37-29(32)35)22-8-3-1-4-9-22)25(33(28)30(36)38-23-11-5-2-6-12-23)16-14-20-13-15-21-10-7-17-31-24(21)18-20/h1-18,25-27H,19H2/b16-14+/t25-,26?,27-/m1/s1. The van der Waals surface area contributed by atoms with E-state index in [0.29, 0.717) is 5.75 Å². The van der Waals surface area contributed by atoms with E-state index in [1.165, 1.54) is 4.90 Å². The number of fused-ring (bicyclic) bond motifs is 1. The molecule has 188 valence electrons. The van der Waals surface area contributed by atoms with Gasteiger partial charge in [0.1, 0.15) is 18.4 Å². The van der Waals surface area contributed by atoms with Crippen LogP contribution in [0.1, 0.15) is 17.2 Å². The lowest BCUT2D eigenvalue weighted by Gasteiger charge is -2.47. The van der Waals surface area contributed by atoms with Crippen molar-refractivity contribution in [2.75, 3.05) is 6.61 Å². The monoisotopic (exact) mass is 505 g/mol. The Morgan fingerprint density at radius 3 is 2.50 bits per heavy atom. The van der Waals surface area contributed by atoms with Crippen molar-refractivity contribution < 1.29 is 23.9 Å². The zero-order chi connectivity index (χ0) is 26.1. The molecule has 0 spiro atoms. The highest BCUT2D eigenvalue weighted by Gasteiger charge is 2.58. The Kier molecular flexibility index (Phi) is 6.05. The van der Waals surface area contributed by atoms with Crippen LogP contribution in [0, 0.1) is 0 Å². The molecule has 8 heteroatoms. The number of para-hydroxylation sites is 1. The molecule has 2 aliphatic rings. The minimum Gasteiger partial charge on any atom is -0.447 e. The van der Waals surface area contributed by atoms with E-state index in [2.05, 4.69) is 4.98 Å². The molecule has 2 aliphatic heterocycles. The van der Waals surface area contributed by atoms with Crippen LogP contribution >= 0.6 is 0 Å². The quantitative estimate of drug-likeness (QED) is 0.346. The van der Waals surface area contributed by atoms with Gasteiger partial charge < -0.3 is 9.47 Å². The van der Waals surface area contributed by atoms with Gasteiger partial charge in [-0.2, -0.15) is 0 Å². The second-order valence-corrected chi connectivity index (χ2v) is 9.05. The average Bonchev–Trinajstić information content (AvgIpc) is 3.32. The van der Waals surface area contributed by atoms with Crippen LogP contribution in [0.2, 0.25) is 0 Å². The Labute approximate surface area is 218 Å². The van der Waals surface area contributed by atoms with Crippen molar-refractivity contribution in [3.05, 3.63) is 114 Å². The number of benzene rings is 3. The molecule has 0 N–H and O–H groups in total. The van der Waals surface area contributed by atoms with Crippen molar-refractivity contribution in [3.63, 3.8) is 0 Å². The van der Waals surface area contributed by atoms with Crippen molar-refractivity contribution >= 4 is 35.1 Å². The number of ether oxygens (including phenoxy) is 2. The van der Waals surface area contributed by atoms with Crippen molar-refractivity contribution in [2.45, 2.75) is 18.1 Å². The smallest absolute Gasteiger partial charge is 0.422 e. The van der Waals surface area contributed by atoms with Gasteiger partial charge >= 0.3 is 12.2 Å². The first-order valence-corrected chi connectivity index (χ1v) is 12.2. The maximum absolute atomic E-state index is 13.4. The van der Waals surface area contributed by atoms with Gasteiger partial charge in [-0.05, 0) is 35.4 Å². The van der Waals surface area contributed by atoms with E-state index in [-0.39, 0.29) is 6.61 Å². The van der Waals surface area contributed by atoms with Crippen molar-refractivity contribution in [2.24, 2.45) is 0 Å². The van der Waals surface area contributed by atoms with Gasteiger partial charge in [-0.25, -0.2) is 14.5 Å². The number of hydrogen-bond acceptors (Lipinski definition) is 6. The minimum atomic E-state index is -0.923. The second-order valence-electron chi connectivity index (χ2n) is 9.05. The van der Waals surface area contributed by atoms with Gasteiger partial charge in [-0.3, -0.25) is 14.7 Å². The fourth-order valence-corrected chi connectivity index (χ4v) is 4.89. The molecule has 3 atom stereocenters. The first-order valence-electron chi connectivity index (χ1n) is 12.2. The first kappa shape index (κ1) is 23.4. The van der Waals surface area contributed by atoms with E-state index >= 15 is 0 Å². The lowest BCUT2D eigenvalue weighted by atomic mass is 9.91. The van der Waals surface area contributed by atoms with Gasteiger partial charge in [-0.1, -0.05) is 78.9 Å². The van der Waals surface area contributed by atoms with Crippen LogP contribution < -0.4 is 4.74 Å². The Balaban J connectivity index is 1.33. The summed E-state index contributed by atoms with van der Waals surface area (Å²) in [7, 11) is 0. The van der Waals surface area contributed by atoms with E-state index < -0.39 is 36.2 Å². The SMILES string of the molecule is O=C(Oc1ccccc1)N1C(=O)[C@H](N2C(=O)OCC2c2ccccc2)[C@H]1/C=C/c1ccc2cccnc2c1. The number of aromatic nitrogens is 1. The van der Waals surface area contributed by atoms with E-state index in [0.717, 1.165) is 26.9 Å². The van der Waals surface area contributed by atoms with Crippen LogP contribution in [-0.2, 0) is 9.53 Å². The molecule has 8 nitrogen and oxygen atoms in total. The fourth-order valence-electron chi connectivity index (χ4n) is 4.89. The third-order valence-corrected chi connectivity index (χ3v) is 6.77. The van der Waals surface area contributed by atoms with Crippen LogP contribution in [0.15, 0.2) is 103 Å². The van der Waals surface area contributed by atoms with Gasteiger partial charge in [0.15, 0.2) is 0 Å². The number of cyclic esters (lactones) is 1. The maximum atomic E-state index is 13.4. The van der Waals surface area contributed by atoms with Gasteiger partial charge in [0, 0.05) is 11.6 Å². The van der Waals surface area contributed by atoms with Gasteiger partial charge in [0.25, 0.3) is 5.91 Å². The summed E-state index contributed by atoms with van der Waals surface area (Å²) >= 11 is 0. The Morgan fingerprint density at radius 1 is 0.947 bits per heavy atom. The molecule has 1 unspecified atom stereocenters. The van der Waals surface area contributed by atoms with E-state index in [1.54, 1.807) is 42.6 Å². The third-order valence-electron chi connectivity index (χ3n) is 6.77. The molecule has 3 amide bonds. The molecule has 0 aliphatic carbocycles. The van der Waals surface area contributed by atoms with E-state index in [1.807, 2.05) is 66.7 Å². The Bertz CT molecular complexity index is 1540. The van der Waals surface area contributed by atoms with E-state index in [9.17, 15) is 14.4 Å². The van der Waals surface area contributed by atoms with Crippen LogP contribution in [0.25, 0.3) is 17.0 Å². The predicted molar refractivity (Wildman–Crippen MR) is 140 cm³/mol. The molecule has 2 fully saturated rings. The molecular formula is C30H23N3O5. The normalized spacial score (nSPS) is 21.0. The molecule has 0 saturated carbocycles. The Morgan fingerprint density at radius 2 is 1.71 bits per heavy atom. The number of amides is 3. The predicted octanol–water partition coefficient (Wildman–Crippen LogP) is 5.22. The number of carbonyl (C=O) groups is 3. The lowest BCUT2D eigenvalue weighted by molar-refractivity contribution is -0.150. The third kappa shape index (κ3) is 4.26. The molecule has 3 heterocycles. The number of imide groups is 1. The molecule has 6 rings (SSSR count). The summed E-state index contributed by atoms with van der Waals surface area (Å²) in [6.45, 7) is 0.119. The largest absolute Gasteiger partial charge is 0.447 e. The highest BCUT2D eigenvalue weighted by Crippen LogP contribution is 2.37.